The zero-order valence-electron chi connectivity index (χ0n) is 17.0. The van der Waals surface area contributed by atoms with Crippen LogP contribution < -0.4 is 0 Å². The highest BCUT2D eigenvalue weighted by Gasteiger charge is 2.83. The van der Waals surface area contributed by atoms with E-state index >= 15 is 0 Å². The van der Waals surface area contributed by atoms with Gasteiger partial charge in [0.1, 0.15) is 11.7 Å². The van der Waals surface area contributed by atoms with Crippen molar-refractivity contribution in [1.82, 2.24) is 0 Å². The Labute approximate surface area is 162 Å². The molecule has 4 aliphatic carbocycles. The molecule has 3 saturated carbocycles. The Balaban J connectivity index is 1.52. The van der Waals surface area contributed by atoms with Gasteiger partial charge in [-0.1, -0.05) is 25.5 Å². The summed E-state index contributed by atoms with van der Waals surface area (Å²) in [6.07, 6.45) is 11.0. The second-order valence-corrected chi connectivity index (χ2v) is 10.4. The molecule has 4 heteroatoms. The van der Waals surface area contributed by atoms with Gasteiger partial charge >= 0.3 is 0 Å². The van der Waals surface area contributed by atoms with Crippen molar-refractivity contribution in [3.05, 3.63) is 11.6 Å². The molecule has 148 valence electrons. The average Bonchev–Trinajstić information content (AvgIpc) is 3.20. The maximum atomic E-state index is 11.5. The van der Waals surface area contributed by atoms with Gasteiger partial charge in [0.05, 0.1) is 12.7 Å². The Morgan fingerprint density at radius 2 is 2.15 bits per heavy atom. The summed E-state index contributed by atoms with van der Waals surface area (Å²) >= 11 is 0. The molecule has 1 N–H and O–H groups in total. The number of aliphatic hydroxyl groups is 1. The van der Waals surface area contributed by atoms with E-state index in [1.165, 1.54) is 32.1 Å². The van der Waals surface area contributed by atoms with Crippen LogP contribution in [0.3, 0.4) is 0 Å². The zero-order valence-corrected chi connectivity index (χ0v) is 17.0. The molecule has 5 rings (SSSR count). The van der Waals surface area contributed by atoms with Crippen molar-refractivity contribution in [2.45, 2.75) is 82.5 Å². The van der Waals surface area contributed by atoms with Crippen LogP contribution in [0.4, 0.5) is 0 Å². The summed E-state index contributed by atoms with van der Waals surface area (Å²) < 4.78 is 11.6. The van der Waals surface area contributed by atoms with Crippen molar-refractivity contribution in [3.63, 3.8) is 0 Å². The third kappa shape index (κ3) is 1.99. The van der Waals surface area contributed by atoms with Gasteiger partial charge < -0.3 is 14.6 Å². The Morgan fingerprint density at radius 1 is 1.33 bits per heavy atom. The number of rotatable bonds is 2. The van der Waals surface area contributed by atoms with Gasteiger partial charge in [0.15, 0.2) is 0 Å². The lowest BCUT2D eigenvalue weighted by atomic mass is 9.45. The molecule has 4 fully saturated rings. The highest BCUT2D eigenvalue weighted by Crippen LogP contribution is 2.75. The molecule has 1 aliphatic heterocycles. The number of methoxy groups -OCH3 is 1. The summed E-state index contributed by atoms with van der Waals surface area (Å²) in [5, 5.41) is 21.3. The largest absolute Gasteiger partial charge is 0.393 e. The van der Waals surface area contributed by atoms with Gasteiger partial charge in [-0.3, -0.25) is 0 Å². The molecule has 4 nitrogen and oxygen atoms in total. The number of allylic oxidation sites excluding steroid dienone is 2. The van der Waals surface area contributed by atoms with Gasteiger partial charge in [-0.2, -0.15) is 5.26 Å². The SMILES string of the molecule is COCC1(C#N)O[C@@]12CC[C@H]1[C@@H]3CCC4=CCCC[C@]4(C)[C@H]3[C@@H](O)C[C@@]12C. The minimum Gasteiger partial charge on any atom is -0.393 e. The molecule has 1 unspecified atom stereocenters. The quantitative estimate of drug-likeness (QED) is 0.589. The molecule has 1 saturated heterocycles. The molecule has 0 amide bonds. The number of hydrogen-bond acceptors (Lipinski definition) is 4. The van der Waals surface area contributed by atoms with Crippen LogP contribution in [-0.4, -0.2) is 36.1 Å². The molecular weight excluding hydrogens is 338 g/mol. The smallest absolute Gasteiger partial charge is 0.207 e. The van der Waals surface area contributed by atoms with Crippen LogP contribution in [-0.2, 0) is 9.47 Å². The second-order valence-electron chi connectivity index (χ2n) is 10.4. The predicted molar refractivity (Wildman–Crippen MR) is 102 cm³/mol. The van der Waals surface area contributed by atoms with Gasteiger partial charge in [-0.15, -0.1) is 0 Å². The minimum atomic E-state index is -0.813. The predicted octanol–water partition coefficient (Wildman–Crippen LogP) is 3.99. The number of nitriles is 1. The summed E-state index contributed by atoms with van der Waals surface area (Å²) in [6, 6.07) is 2.45. The van der Waals surface area contributed by atoms with Crippen LogP contribution >= 0.6 is 0 Å². The molecule has 0 bridgehead atoms. The van der Waals surface area contributed by atoms with Crippen molar-refractivity contribution in [3.8, 4) is 6.07 Å². The Kier molecular flexibility index (Phi) is 3.76. The molecule has 1 spiro atoms. The van der Waals surface area contributed by atoms with Crippen LogP contribution in [0, 0.1) is 39.9 Å². The monoisotopic (exact) mass is 371 g/mol. The Bertz CT molecular complexity index is 728. The Morgan fingerprint density at radius 3 is 2.89 bits per heavy atom. The molecule has 0 radical (unpaired) electrons. The van der Waals surface area contributed by atoms with Crippen molar-refractivity contribution in [2.24, 2.45) is 28.6 Å². The molecule has 27 heavy (non-hydrogen) atoms. The van der Waals surface area contributed by atoms with E-state index in [-0.39, 0.29) is 16.9 Å². The van der Waals surface area contributed by atoms with Crippen LogP contribution in [0.5, 0.6) is 0 Å². The fourth-order valence-corrected chi connectivity index (χ4v) is 8.47. The van der Waals surface area contributed by atoms with E-state index in [4.69, 9.17) is 9.47 Å². The van der Waals surface area contributed by atoms with Gasteiger partial charge in [-0.25, -0.2) is 0 Å². The number of epoxide rings is 1. The summed E-state index contributed by atoms with van der Waals surface area (Å²) in [6.45, 7) is 5.05. The summed E-state index contributed by atoms with van der Waals surface area (Å²) in [4.78, 5) is 0. The van der Waals surface area contributed by atoms with Gasteiger partial charge in [0.2, 0.25) is 5.60 Å². The maximum Gasteiger partial charge on any atom is 0.207 e. The van der Waals surface area contributed by atoms with E-state index in [0.717, 1.165) is 19.3 Å². The van der Waals surface area contributed by atoms with Crippen molar-refractivity contribution in [1.29, 1.82) is 5.26 Å². The van der Waals surface area contributed by atoms with E-state index in [0.29, 0.717) is 24.4 Å². The van der Waals surface area contributed by atoms with Crippen LogP contribution in [0.1, 0.15) is 65.2 Å². The maximum absolute atomic E-state index is 11.5. The molecule has 1 heterocycles. The molecule has 8 atom stereocenters. The number of aliphatic hydroxyl groups excluding tert-OH is 1. The first-order chi connectivity index (χ1) is 12.9. The first-order valence-electron chi connectivity index (χ1n) is 10.9. The molecule has 0 aromatic carbocycles. The fraction of sp³-hybridized carbons (Fsp3) is 0.870. The Hall–Kier alpha value is -0.890. The standard InChI is InChI=1S/C23H33NO3/c1-20-10-5-4-6-15(20)7-8-16-17-9-11-23(22(13-24,27-23)14-26-3)21(17,2)12-18(25)19(16)20/h6,16-19,25H,4-5,7-12,14H2,1-3H3/t16-,17-,18-,19+,20-,21-,22?,23+/m0/s1. The first-order valence-corrected chi connectivity index (χ1v) is 10.9. The topological polar surface area (TPSA) is 65.8 Å². The average molecular weight is 372 g/mol. The summed E-state index contributed by atoms with van der Waals surface area (Å²) in [5.41, 5.74) is 0.408. The van der Waals surface area contributed by atoms with Crippen LogP contribution in [0.15, 0.2) is 11.6 Å². The lowest BCUT2D eigenvalue weighted by Crippen LogP contribution is -2.58. The minimum absolute atomic E-state index is 0.131. The molecular formula is C23H33NO3. The number of nitrogens with zero attached hydrogens (tertiary/aromatic N) is 1. The lowest BCUT2D eigenvalue weighted by Gasteiger charge is -2.59. The van der Waals surface area contributed by atoms with Gasteiger partial charge in [-0.05, 0) is 74.5 Å². The van der Waals surface area contributed by atoms with Crippen molar-refractivity contribution < 1.29 is 14.6 Å². The number of hydrogen-bond donors (Lipinski definition) is 1. The number of ether oxygens (including phenoxy) is 2. The van der Waals surface area contributed by atoms with Gasteiger partial charge in [0, 0.05) is 12.5 Å². The summed E-state index contributed by atoms with van der Waals surface area (Å²) in [7, 11) is 1.65. The van der Waals surface area contributed by atoms with Crippen LogP contribution in [0.2, 0.25) is 0 Å². The first kappa shape index (κ1) is 18.2. The van der Waals surface area contributed by atoms with Crippen LogP contribution in [0.25, 0.3) is 0 Å². The highest BCUT2D eigenvalue weighted by atomic mass is 16.7. The number of fused-ring (bicyclic) bond motifs is 6. The molecule has 0 aromatic rings. The van der Waals surface area contributed by atoms with E-state index < -0.39 is 11.2 Å². The van der Waals surface area contributed by atoms with E-state index in [1.807, 2.05) is 0 Å². The highest BCUT2D eigenvalue weighted by molar-refractivity contribution is 5.37. The zero-order chi connectivity index (χ0) is 19.1. The van der Waals surface area contributed by atoms with Gasteiger partial charge in [0.25, 0.3) is 0 Å². The molecule has 0 aromatic heterocycles. The molecule has 5 aliphatic rings. The van der Waals surface area contributed by atoms with E-state index in [9.17, 15) is 10.4 Å². The fourth-order valence-electron chi connectivity index (χ4n) is 8.47. The normalized spacial score (nSPS) is 55.9. The summed E-state index contributed by atoms with van der Waals surface area (Å²) in [5.74, 6) is 1.45. The van der Waals surface area contributed by atoms with E-state index in [2.05, 4.69) is 26.0 Å². The van der Waals surface area contributed by atoms with Crippen molar-refractivity contribution >= 4 is 0 Å². The lowest BCUT2D eigenvalue weighted by molar-refractivity contribution is -0.131. The van der Waals surface area contributed by atoms with Crippen molar-refractivity contribution in [2.75, 3.05) is 13.7 Å². The second kappa shape index (κ2) is 5.59. The third-order valence-corrected chi connectivity index (χ3v) is 9.57. The third-order valence-electron chi connectivity index (χ3n) is 9.57. The van der Waals surface area contributed by atoms with E-state index in [1.54, 1.807) is 12.7 Å².